The normalized spacial score (nSPS) is 17.4. The molecule has 6 heteroatoms. The van der Waals surface area contributed by atoms with E-state index in [4.69, 9.17) is 5.11 Å². The maximum atomic E-state index is 10.7. The molecule has 1 saturated heterocycles. The Hall–Kier alpha value is -1.69. The molecule has 1 aromatic heterocycles. The fourth-order valence-electron chi connectivity index (χ4n) is 1.74. The monoisotopic (exact) mass is 222 g/mol. The molecule has 0 bridgehead atoms. The van der Waals surface area contributed by atoms with Crippen molar-refractivity contribution in [1.29, 1.82) is 0 Å². The van der Waals surface area contributed by atoms with E-state index in [1.807, 2.05) is 6.07 Å². The number of piperazine rings is 1. The highest BCUT2D eigenvalue weighted by atomic mass is 16.4. The van der Waals surface area contributed by atoms with Gasteiger partial charge in [-0.3, -0.25) is 4.90 Å². The summed E-state index contributed by atoms with van der Waals surface area (Å²) < 4.78 is 0. The highest BCUT2D eigenvalue weighted by Crippen LogP contribution is 2.05. The minimum Gasteiger partial charge on any atom is -0.465 e. The number of hydrogen-bond donors (Lipinski definition) is 1. The topological polar surface area (TPSA) is 69.6 Å². The van der Waals surface area contributed by atoms with Gasteiger partial charge in [0.15, 0.2) is 0 Å². The minimum absolute atomic E-state index is 0.570. The molecule has 1 aliphatic heterocycles. The zero-order valence-electron chi connectivity index (χ0n) is 8.91. The van der Waals surface area contributed by atoms with E-state index in [0.717, 1.165) is 25.3 Å². The number of carboxylic acid groups (broad SMARTS) is 1. The fraction of sp³-hybridized carbons (Fsp3) is 0.500. The molecule has 6 nitrogen and oxygen atoms in total. The van der Waals surface area contributed by atoms with Crippen molar-refractivity contribution in [3.05, 3.63) is 24.3 Å². The van der Waals surface area contributed by atoms with Crippen LogP contribution in [0, 0.1) is 0 Å². The van der Waals surface area contributed by atoms with E-state index in [2.05, 4.69) is 14.9 Å². The van der Waals surface area contributed by atoms with Crippen molar-refractivity contribution < 1.29 is 9.90 Å². The highest BCUT2D eigenvalue weighted by molar-refractivity contribution is 5.65. The summed E-state index contributed by atoms with van der Waals surface area (Å²) in [5.41, 5.74) is 0.971. The van der Waals surface area contributed by atoms with Crippen LogP contribution in [-0.4, -0.2) is 57.1 Å². The maximum absolute atomic E-state index is 10.7. The van der Waals surface area contributed by atoms with Gasteiger partial charge in [-0.2, -0.15) is 0 Å². The molecule has 2 heterocycles. The Bertz CT molecular complexity index is 349. The van der Waals surface area contributed by atoms with E-state index in [9.17, 15) is 4.79 Å². The largest absolute Gasteiger partial charge is 0.465 e. The van der Waals surface area contributed by atoms with Crippen molar-refractivity contribution in [2.75, 3.05) is 26.2 Å². The van der Waals surface area contributed by atoms with Crippen LogP contribution in [0.1, 0.15) is 5.69 Å². The van der Waals surface area contributed by atoms with Crippen LogP contribution in [0.2, 0.25) is 0 Å². The average Bonchev–Trinajstić information content (AvgIpc) is 2.31. The van der Waals surface area contributed by atoms with Crippen molar-refractivity contribution in [2.45, 2.75) is 6.54 Å². The predicted octanol–water partition coefficient (Wildman–Crippen LogP) is 0.272. The van der Waals surface area contributed by atoms with Crippen molar-refractivity contribution in [3.63, 3.8) is 0 Å². The Morgan fingerprint density at radius 1 is 1.38 bits per heavy atom. The average molecular weight is 222 g/mol. The third kappa shape index (κ3) is 2.66. The lowest BCUT2D eigenvalue weighted by molar-refractivity contribution is 0.102. The summed E-state index contributed by atoms with van der Waals surface area (Å²) >= 11 is 0. The molecule has 0 spiro atoms. The smallest absolute Gasteiger partial charge is 0.407 e. The quantitative estimate of drug-likeness (QED) is 0.778. The SMILES string of the molecule is O=C(O)N1CCN(Cc2ccncn2)CC1. The van der Waals surface area contributed by atoms with Gasteiger partial charge < -0.3 is 10.0 Å². The van der Waals surface area contributed by atoms with Crippen LogP contribution in [0.15, 0.2) is 18.6 Å². The molecule has 2 rings (SSSR count). The molecule has 1 N–H and O–H groups in total. The number of carbonyl (C=O) groups is 1. The first-order valence-electron chi connectivity index (χ1n) is 5.21. The van der Waals surface area contributed by atoms with E-state index < -0.39 is 6.09 Å². The summed E-state index contributed by atoms with van der Waals surface area (Å²) in [6.45, 7) is 3.42. The molecular weight excluding hydrogens is 208 g/mol. The van der Waals surface area contributed by atoms with E-state index in [-0.39, 0.29) is 0 Å². The molecular formula is C10H14N4O2. The second-order valence-corrected chi connectivity index (χ2v) is 3.75. The molecule has 0 radical (unpaired) electrons. The molecule has 1 aliphatic rings. The van der Waals surface area contributed by atoms with Gasteiger partial charge in [-0.05, 0) is 6.07 Å². The predicted molar refractivity (Wildman–Crippen MR) is 56.9 cm³/mol. The second kappa shape index (κ2) is 4.89. The van der Waals surface area contributed by atoms with Crippen LogP contribution in [0.25, 0.3) is 0 Å². The van der Waals surface area contributed by atoms with Crippen molar-refractivity contribution in [3.8, 4) is 0 Å². The Kier molecular flexibility index (Phi) is 3.31. The van der Waals surface area contributed by atoms with Crippen molar-refractivity contribution >= 4 is 6.09 Å². The molecule has 86 valence electrons. The summed E-state index contributed by atoms with van der Waals surface area (Å²) in [6.07, 6.45) is 2.42. The highest BCUT2D eigenvalue weighted by Gasteiger charge is 2.20. The lowest BCUT2D eigenvalue weighted by Gasteiger charge is -2.32. The van der Waals surface area contributed by atoms with Gasteiger partial charge in [-0.15, -0.1) is 0 Å². The van der Waals surface area contributed by atoms with Crippen LogP contribution in [-0.2, 0) is 6.54 Å². The minimum atomic E-state index is -0.832. The van der Waals surface area contributed by atoms with E-state index >= 15 is 0 Å². The zero-order valence-corrected chi connectivity index (χ0v) is 8.91. The van der Waals surface area contributed by atoms with Gasteiger partial charge in [0.05, 0.1) is 5.69 Å². The van der Waals surface area contributed by atoms with E-state index in [1.54, 1.807) is 6.20 Å². The lowest BCUT2D eigenvalue weighted by atomic mass is 10.3. The Morgan fingerprint density at radius 2 is 2.12 bits per heavy atom. The van der Waals surface area contributed by atoms with Crippen LogP contribution in [0.4, 0.5) is 4.79 Å². The Balaban J connectivity index is 1.84. The Labute approximate surface area is 93.5 Å². The Morgan fingerprint density at radius 3 is 2.69 bits per heavy atom. The molecule has 1 fully saturated rings. The number of rotatable bonds is 2. The van der Waals surface area contributed by atoms with Crippen LogP contribution in [0.5, 0.6) is 0 Å². The standard InChI is InChI=1S/C10H14N4O2/c15-10(16)14-5-3-13(4-6-14)7-9-1-2-11-8-12-9/h1-2,8H,3-7H2,(H,15,16). The van der Waals surface area contributed by atoms with E-state index in [0.29, 0.717) is 13.1 Å². The van der Waals surface area contributed by atoms with Crippen molar-refractivity contribution in [2.24, 2.45) is 0 Å². The molecule has 0 saturated carbocycles. The van der Waals surface area contributed by atoms with Gasteiger partial charge >= 0.3 is 6.09 Å². The molecule has 1 aromatic rings. The van der Waals surface area contributed by atoms with Gasteiger partial charge in [0.1, 0.15) is 6.33 Å². The second-order valence-electron chi connectivity index (χ2n) is 3.75. The van der Waals surface area contributed by atoms with Crippen molar-refractivity contribution in [1.82, 2.24) is 19.8 Å². The number of nitrogens with zero attached hydrogens (tertiary/aromatic N) is 4. The van der Waals surface area contributed by atoms with Gasteiger partial charge in [-0.1, -0.05) is 0 Å². The number of amides is 1. The van der Waals surface area contributed by atoms with Crippen LogP contribution >= 0.6 is 0 Å². The van der Waals surface area contributed by atoms with Gasteiger partial charge in [0.25, 0.3) is 0 Å². The molecule has 0 unspecified atom stereocenters. The third-order valence-electron chi connectivity index (χ3n) is 2.67. The van der Waals surface area contributed by atoms with Crippen LogP contribution in [0.3, 0.4) is 0 Å². The number of hydrogen-bond acceptors (Lipinski definition) is 4. The number of aromatic nitrogens is 2. The molecule has 1 amide bonds. The maximum Gasteiger partial charge on any atom is 0.407 e. The molecule has 0 atom stereocenters. The summed E-state index contributed by atoms with van der Waals surface area (Å²) in [4.78, 5) is 22.3. The first-order chi connectivity index (χ1) is 7.75. The molecule has 0 aliphatic carbocycles. The lowest BCUT2D eigenvalue weighted by Crippen LogP contribution is -2.47. The summed E-state index contributed by atoms with van der Waals surface area (Å²) in [6, 6.07) is 1.88. The zero-order chi connectivity index (χ0) is 11.4. The summed E-state index contributed by atoms with van der Waals surface area (Å²) in [5.74, 6) is 0. The molecule has 16 heavy (non-hydrogen) atoms. The van der Waals surface area contributed by atoms with Gasteiger partial charge in [0.2, 0.25) is 0 Å². The third-order valence-corrected chi connectivity index (χ3v) is 2.67. The summed E-state index contributed by atoms with van der Waals surface area (Å²) in [7, 11) is 0. The molecule has 0 aromatic carbocycles. The summed E-state index contributed by atoms with van der Waals surface area (Å²) in [5, 5.41) is 8.80. The van der Waals surface area contributed by atoms with Crippen LogP contribution < -0.4 is 0 Å². The fourth-order valence-corrected chi connectivity index (χ4v) is 1.74. The van der Waals surface area contributed by atoms with Gasteiger partial charge in [-0.25, -0.2) is 14.8 Å². The van der Waals surface area contributed by atoms with Gasteiger partial charge in [0, 0.05) is 38.9 Å². The van der Waals surface area contributed by atoms with E-state index in [1.165, 1.54) is 11.2 Å². The first kappa shape index (κ1) is 10.8. The first-order valence-corrected chi connectivity index (χ1v) is 5.21.